The summed E-state index contributed by atoms with van der Waals surface area (Å²) >= 11 is 6.00. The number of nitrogens with two attached hydrogens (primary N) is 1. The molecule has 4 nitrogen and oxygen atoms in total. The molecule has 0 aromatic heterocycles. The molecule has 0 radical (unpaired) electrons. The van der Waals surface area contributed by atoms with E-state index >= 15 is 0 Å². The fourth-order valence-electron chi connectivity index (χ4n) is 2.03. The van der Waals surface area contributed by atoms with Crippen LogP contribution in [0.1, 0.15) is 18.0 Å². The Bertz CT molecular complexity index is 449. The zero-order valence-corrected chi connectivity index (χ0v) is 10.1. The number of ether oxygens (including phenoxy) is 1. The minimum atomic E-state index is -0.773. The van der Waals surface area contributed by atoms with E-state index in [1.165, 1.54) is 0 Å². The van der Waals surface area contributed by atoms with Crippen molar-refractivity contribution < 1.29 is 14.6 Å². The molecule has 1 saturated carbocycles. The zero-order chi connectivity index (χ0) is 12.6. The molecule has 1 aromatic rings. The summed E-state index contributed by atoms with van der Waals surface area (Å²) in [5.41, 5.74) is 6.88. The maximum atomic E-state index is 10.8. The molecule has 0 bridgehead atoms. The lowest BCUT2D eigenvalue weighted by Crippen LogP contribution is -2.15. The number of hydrogen-bond acceptors (Lipinski definition) is 3. The van der Waals surface area contributed by atoms with Crippen molar-refractivity contribution in [2.75, 3.05) is 7.11 Å². The predicted molar refractivity (Wildman–Crippen MR) is 64.2 cm³/mol. The van der Waals surface area contributed by atoms with E-state index in [4.69, 9.17) is 27.2 Å². The van der Waals surface area contributed by atoms with Crippen molar-refractivity contribution in [2.45, 2.75) is 12.5 Å². The van der Waals surface area contributed by atoms with Gasteiger partial charge in [0, 0.05) is 6.04 Å². The van der Waals surface area contributed by atoms with Crippen molar-refractivity contribution in [3.05, 3.63) is 28.8 Å². The van der Waals surface area contributed by atoms with Gasteiger partial charge in [-0.3, -0.25) is 4.79 Å². The first-order chi connectivity index (χ1) is 8.04. The lowest BCUT2D eigenvalue weighted by molar-refractivity contribution is -0.138. The Kier molecular flexibility index (Phi) is 3.26. The van der Waals surface area contributed by atoms with Gasteiger partial charge in [-0.25, -0.2) is 0 Å². The van der Waals surface area contributed by atoms with Gasteiger partial charge in [0.25, 0.3) is 0 Å². The molecule has 92 valence electrons. The number of carboxylic acid groups (broad SMARTS) is 1. The molecule has 0 saturated heterocycles. The van der Waals surface area contributed by atoms with Crippen molar-refractivity contribution in [2.24, 2.45) is 17.6 Å². The number of aliphatic carboxylic acids is 1. The molecule has 1 aliphatic rings. The number of carbonyl (C=O) groups is 1. The Morgan fingerprint density at radius 3 is 2.82 bits per heavy atom. The van der Waals surface area contributed by atoms with Gasteiger partial charge in [-0.1, -0.05) is 17.7 Å². The number of carboxylic acids is 1. The molecule has 1 fully saturated rings. The maximum absolute atomic E-state index is 10.8. The molecule has 3 atom stereocenters. The molecule has 1 aliphatic carbocycles. The van der Waals surface area contributed by atoms with Gasteiger partial charge in [0.2, 0.25) is 0 Å². The number of rotatable bonds is 4. The molecule has 0 amide bonds. The molecule has 3 N–H and O–H groups in total. The van der Waals surface area contributed by atoms with Gasteiger partial charge >= 0.3 is 5.97 Å². The lowest BCUT2D eigenvalue weighted by atomic mass is 10.0. The minimum Gasteiger partial charge on any atom is -0.495 e. The van der Waals surface area contributed by atoms with Gasteiger partial charge in [-0.15, -0.1) is 0 Å². The molecule has 0 aliphatic heterocycles. The molecule has 3 unspecified atom stereocenters. The molecule has 17 heavy (non-hydrogen) atoms. The average molecular weight is 256 g/mol. The summed E-state index contributed by atoms with van der Waals surface area (Å²) in [6.45, 7) is 0. The van der Waals surface area contributed by atoms with Crippen LogP contribution in [-0.2, 0) is 4.79 Å². The highest BCUT2D eigenvalue weighted by Gasteiger charge is 2.47. The van der Waals surface area contributed by atoms with Gasteiger partial charge < -0.3 is 15.6 Å². The SMILES string of the molecule is COc1ccc(C(N)C2CC2C(=O)O)cc1Cl. The second kappa shape index (κ2) is 4.55. The van der Waals surface area contributed by atoms with Crippen LogP contribution in [0.15, 0.2) is 18.2 Å². The molecule has 2 rings (SSSR count). The third-order valence-electron chi connectivity index (χ3n) is 3.18. The fraction of sp³-hybridized carbons (Fsp3) is 0.417. The van der Waals surface area contributed by atoms with Crippen LogP contribution in [-0.4, -0.2) is 18.2 Å². The largest absolute Gasteiger partial charge is 0.495 e. The normalized spacial score (nSPS) is 24.2. The Morgan fingerprint density at radius 2 is 2.35 bits per heavy atom. The van der Waals surface area contributed by atoms with Gasteiger partial charge in [0.05, 0.1) is 18.1 Å². The summed E-state index contributed by atoms with van der Waals surface area (Å²) in [7, 11) is 1.54. The van der Waals surface area contributed by atoms with Gasteiger partial charge in [0.15, 0.2) is 0 Å². The number of hydrogen-bond donors (Lipinski definition) is 2. The van der Waals surface area contributed by atoms with E-state index in [1.807, 2.05) is 6.07 Å². The van der Waals surface area contributed by atoms with Crippen LogP contribution < -0.4 is 10.5 Å². The van der Waals surface area contributed by atoms with E-state index in [2.05, 4.69) is 0 Å². The Balaban J connectivity index is 2.13. The van der Waals surface area contributed by atoms with Crippen LogP contribution in [0.5, 0.6) is 5.75 Å². The van der Waals surface area contributed by atoms with Crippen molar-refractivity contribution in [3.63, 3.8) is 0 Å². The molecule has 1 aromatic carbocycles. The van der Waals surface area contributed by atoms with E-state index in [0.717, 1.165) is 5.56 Å². The summed E-state index contributed by atoms with van der Waals surface area (Å²) in [6, 6.07) is 5.03. The highest BCUT2D eigenvalue weighted by atomic mass is 35.5. The smallest absolute Gasteiger partial charge is 0.306 e. The third-order valence-corrected chi connectivity index (χ3v) is 3.47. The van der Waals surface area contributed by atoms with Crippen LogP contribution in [0.3, 0.4) is 0 Å². The van der Waals surface area contributed by atoms with Gasteiger partial charge in [-0.05, 0) is 30.0 Å². The van der Waals surface area contributed by atoms with E-state index in [-0.39, 0.29) is 17.9 Å². The first-order valence-corrected chi connectivity index (χ1v) is 5.74. The number of benzene rings is 1. The topological polar surface area (TPSA) is 72.5 Å². The quantitative estimate of drug-likeness (QED) is 0.864. The standard InChI is InChI=1S/C12H14ClNO3/c1-17-10-3-2-6(4-9(10)13)11(14)7-5-8(7)12(15)16/h2-4,7-8,11H,5,14H2,1H3,(H,15,16). The lowest BCUT2D eigenvalue weighted by Gasteiger charge is -2.13. The summed E-state index contributed by atoms with van der Waals surface area (Å²) in [4.78, 5) is 10.8. The number of halogens is 1. The molecule has 0 spiro atoms. The zero-order valence-electron chi connectivity index (χ0n) is 9.39. The van der Waals surface area contributed by atoms with Crippen LogP contribution in [0.25, 0.3) is 0 Å². The fourth-order valence-corrected chi connectivity index (χ4v) is 2.30. The van der Waals surface area contributed by atoms with Crippen molar-refractivity contribution in [3.8, 4) is 5.75 Å². The van der Waals surface area contributed by atoms with Crippen molar-refractivity contribution in [1.82, 2.24) is 0 Å². The maximum Gasteiger partial charge on any atom is 0.306 e. The molecular weight excluding hydrogens is 242 g/mol. The van der Waals surface area contributed by atoms with Crippen LogP contribution >= 0.6 is 11.6 Å². The number of methoxy groups -OCH3 is 1. The highest BCUT2D eigenvalue weighted by Crippen LogP contribution is 2.47. The van der Waals surface area contributed by atoms with Gasteiger partial charge in [0.1, 0.15) is 5.75 Å². The van der Waals surface area contributed by atoms with Crippen molar-refractivity contribution in [1.29, 1.82) is 0 Å². The average Bonchev–Trinajstić information content (AvgIpc) is 3.08. The highest BCUT2D eigenvalue weighted by molar-refractivity contribution is 6.32. The van der Waals surface area contributed by atoms with Gasteiger partial charge in [-0.2, -0.15) is 0 Å². The monoisotopic (exact) mass is 255 g/mol. The molecule has 5 heteroatoms. The summed E-state index contributed by atoms with van der Waals surface area (Å²) in [5.74, 6) is -0.485. The Hall–Kier alpha value is -1.26. The second-order valence-corrected chi connectivity index (χ2v) is 4.67. The van der Waals surface area contributed by atoms with Crippen molar-refractivity contribution >= 4 is 17.6 Å². The summed E-state index contributed by atoms with van der Waals surface area (Å²) < 4.78 is 5.05. The first-order valence-electron chi connectivity index (χ1n) is 5.36. The third kappa shape index (κ3) is 2.37. The van der Waals surface area contributed by atoms with E-state index in [0.29, 0.717) is 17.2 Å². The summed E-state index contributed by atoms with van der Waals surface area (Å²) in [6.07, 6.45) is 0.639. The summed E-state index contributed by atoms with van der Waals surface area (Å²) in [5, 5.41) is 9.35. The minimum absolute atomic E-state index is 0.0111. The van der Waals surface area contributed by atoms with E-state index < -0.39 is 5.97 Å². The van der Waals surface area contributed by atoms with Crippen LogP contribution in [0.2, 0.25) is 5.02 Å². The predicted octanol–water partition coefficient (Wildman–Crippen LogP) is 2.07. The first kappa shape index (κ1) is 12.2. The van der Waals surface area contributed by atoms with E-state index in [9.17, 15) is 4.79 Å². The second-order valence-electron chi connectivity index (χ2n) is 4.26. The molecular formula is C12H14ClNO3. The molecule has 0 heterocycles. The Labute approximate surface area is 104 Å². The van der Waals surface area contributed by atoms with Crippen LogP contribution in [0.4, 0.5) is 0 Å². The van der Waals surface area contributed by atoms with E-state index in [1.54, 1.807) is 19.2 Å². The van der Waals surface area contributed by atoms with Crippen LogP contribution in [0, 0.1) is 11.8 Å². The Morgan fingerprint density at radius 1 is 1.65 bits per heavy atom.